The lowest BCUT2D eigenvalue weighted by Gasteiger charge is -2.31. The number of ether oxygens (including phenoxy) is 1. The second-order valence-electron chi connectivity index (χ2n) is 6.19. The van der Waals surface area contributed by atoms with Gasteiger partial charge in [-0.1, -0.05) is 36.4 Å². The van der Waals surface area contributed by atoms with E-state index in [9.17, 15) is 0 Å². The van der Waals surface area contributed by atoms with Crippen LogP contribution in [0.4, 0.5) is 0 Å². The van der Waals surface area contributed by atoms with Crippen LogP contribution in [0.3, 0.4) is 0 Å². The molecule has 2 atom stereocenters. The molecule has 0 aliphatic carbocycles. The lowest BCUT2D eigenvalue weighted by atomic mass is 9.89. The second kappa shape index (κ2) is 6.57. The molecule has 1 aromatic heterocycles. The van der Waals surface area contributed by atoms with Crippen LogP contribution in [-0.2, 0) is 11.3 Å². The average Bonchev–Trinajstić information content (AvgIpc) is 3.14. The first-order valence-electron chi connectivity index (χ1n) is 8.22. The molecule has 4 rings (SSSR count). The highest BCUT2D eigenvalue weighted by atomic mass is 16.5. The fraction of sp³-hybridized carbons (Fsp3) is 0.300. The van der Waals surface area contributed by atoms with Crippen molar-refractivity contribution in [3.8, 4) is 0 Å². The molecule has 3 nitrogen and oxygen atoms in total. The summed E-state index contributed by atoms with van der Waals surface area (Å²) in [7, 11) is 0. The summed E-state index contributed by atoms with van der Waals surface area (Å²) in [4.78, 5) is 0. The molecule has 1 aliphatic rings. The molecule has 0 unspecified atom stereocenters. The van der Waals surface area contributed by atoms with Gasteiger partial charge in [0, 0.05) is 12.5 Å². The molecule has 1 N–H and O–H groups in total. The van der Waals surface area contributed by atoms with E-state index in [1.807, 2.05) is 6.26 Å². The van der Waals surface area contributed by atoms with Crippen LogP contribution < -0.4 is 5.32 Å². The van der Waals surface area contributed by atoms with E-state index in [1.54, 1.807) is 6.26 Å². The number of hydrogen-bond donors (Lipinski definition) is 1. The van der Waals surface area contributed by atoms with E-state index in [1.165, 1.54) is 21.9 Å². The number of hydrogen-bond acceptors (Lipinski definition) is 3. The normalized spacial score (nSPS) is 21.6. The van der Waals surface area contributed by atoms with Gasteiger partial charge < -0.3 is 14.5 Å². The van der Waals surface area contributed by atoms with E-state index in [-0.39, 0.29) is 6.10 Å². The van der Waals surface area contributed by atoms with Crippen LogP contribution in [0.25, 0.3) is 10.8 Å². The highest BCUT2D eigenvalue weighted by molar-refractivity contribution is 5.82. The van der Waals surface area contributed by atoms with E-state index in [4.69, 9.17) is 9.15 Å². The maximum absolute atomic E-state index is 6.25. The Kier molecular flexibility index (Phi) is 4.14. The SMILES string of the molecule is c1ccc2cc(CO[C@H]3CNCC[C@H]3c3ccoc3)ccc2c1. The highest BCUT2D eigenvalue weighted by Crippen LogP contribution is 2.29. The van der Waals surface area contributed by atoms with Gasteiger partial charge >= 0.3 is 0 Å². The molecule has 23 heavy (non-hydrogen) atoms. The van der Waals surface area contributed by atoms with Gasteiger partial charge in [-0.15, -0.1) is 0 Å². The molecular weight excluding hydrogens is 286 g/mol. The van der Waals surface area contributed by atoms with Crippen LogP contribution in [-0.4, -0.2) is 19.2 Å². The Morgan fingerprint density at radius 2 is 2.00 bits per heavy atom. The molecule has 0 spiro atoms. The second-order valence-corrected chi connectivity index (χ2v) is 6.19. The number of rotatable bonds is 4. The average molecular weight is 307 g/mol. The van der Waals surface area contributed by atoms with Gasteiger partial charge in [-0.3, -0.25) is 0 Å². The van der Waals surface area contributed by atoms with E-state index in [0.29, 0.717) is 12.5 Å². The van der Waals surface area contributed by atoms with Gasteiger partial charge in [0.1, 0.15) is 0 Å². The minimum atomic E-state index is 0.188. The van der Waals surface area contributed by atoms with Crippen LogP contribution in [0.15, 0.2) is 65.5 Å². The molecule has 1 aliphatic heterocycles. The van der Waals surface area contributed by atoms with Crippen molar-refractivity contribution in [1.29, 1.82) is 0 Å². The van der Waals surface area contributed by atoms with Gasteiger partial charge in [0.2, 0.25) is 0 Å². The lowest BCUT2D eigenvalue weighted by molar-refractivity contribution is 0.0105. The third-order valence-electron chi connectivity index (χ3n) is 4.68. The van der Waals surface area contributed by atoms with Crippen molar-refractivity contribution in [3.05, 3.63) is 72.2 Å². The molecule has 2 heterocycles. The van der Waals surface area contributed by atoms with Gasteiger partial charge in [-0.2, -0.15) is 0 Å². The number of piperidine rings is 1. The molecule has 1 fully saturated rings. The maximum atomic E-state index is 6.25. The van der Waals surface area contributed by atoms with Crippen molar-refractivity contribution in [2.24, 2.45) is 0 Å². The maximum Gasteiger partial charge on any atom is 0.0938 e. The molecular formula is C20H21NO2. The molecule has 1 saturated heterocycles. The number of nitrogens with one attached hydrogen (secondary N) is 1. The molecule has 3 heteroatoms. The van der Waals surface area contributed by atoms with E-state index in [2.05, 4.69) is 53.8 Å². The minimum absolute atomic E-state index is 0.188. The van der Waals surface area contributed by atoms with Crippen molar-refractivity contribution in [2.75, 3.05) is 13.1 Å². The van der Waals surface area contributed by atoms with Crippen LogP contribution in [0.2, 0.25) is 0 Å². The summed E-state index contributed by atoms with van der Waals surface area (Å²) in [6.45, 7) is 2.57. The first-order valence-corrected chi connectivity index (χ1v) is 8.22. The summed E-state index contributed by atoms with van der Waals surface area (Å²) < 4.78 is 11.5. The Labute approximate surface area is 136 Å². The number of furan rings is 1. The standard InChI is InChI=1S/C20H21NO2/c1-2-4-17-11-15(5-6-16(17)3-1)13-23-20-12-21-9-7-19(20)18-8-10-22-14-18/h1-6,8,10-11,14,19-21H,7,9,12-13H2/t19-,20-/m0/s1. The van der Waals surface area contributed by atoms with Crippen LogP contribution in [0.5, 0.6) is 0 Å². The molecule has 118 valence electrons. The number of benzene rings is 2. The Hall–Kier alpha value is -2.10. The van der Waals surface area contributed by atoms with Gasteiger partial charge in [-0.25, -0.2) is 0 Å². The Bertz CT molecular complexity index is 766. The molecule has 0 saturated carbocycles. The van der Waals surface area contributed by atoms with E-state index in [0.717, 1.165) is 19.5 Å². The molecule has 3 aromatic rings. The summed E-state index contributed by atoms with van der Waals surface area (Å²) in [5, 5.41) is 5.97. The minimum Gasteiger partial charge on any atom is -0.472 e. The van der Waals surface area contributed by atoms with Gasteiger partial charge in [0.15, 0.2) is 0 Å². The van der Waals surface area contributed by atoms with Gasteiger partial charge in [0.05, 0.1) is 25.2 Å². The summed E-state index contributed by atoms with van der Waals surface area (Å²) in [5.74, 6) is 0.412. The zero-order valence-corrected chi connectivity index (χ0v) is 13.1. The fourth-order valence-electron chi connectivity index (χ4n) is 3.40. The first-order chi connectivity index (χ1) is 11.4. The lowest BCUT2D eigenvalue weighted by Crippen LogP contribution is -2.40. The summed E-state index contributed by atoms with van der Waals surface area (Å²) in [6, 6.07) is 17.0. The smallest absolute Gasteiger partial charge is 0.0938 e. The van der Waals surface area contributed by atoms with E-state index < -0.39 is 0 Å². The van der Waals surface area contributed by atoms with Crippen molar-refractivity contribution >= 4 is 10.8 Å². The summed E-state index contributed by atoms with van der Waals surface area (Å²) in [6.07, 6.45) is 4.87. The topological polar surface area (TPSA) is 34.4 Å². The quantitative estimate of drug-likeness (QED) is 0.788. The largest absolute Gasteiger partial charge is 0.472 e. The molecule has 0 bridgehead atoms. The third-order valence-corrected chi connectivity index (χ3v) is 4.68. The monoisotopic (exact) mass is 307 g/mol. The van der Waals surface area contributed by atoms with Crippen LogP contribution in [0, 0.1) is 0 Å². The van der Waals surface area contributed by atoms with Crippen molar-refractivity contribution < 1.29 is 9.15 Å². The predicted octanol–water partition coefficient (Wildman–Crippen LogP) is 4.10. The predicted molar refractivity (Wildman–Crippen MR) is 91.5 cm³/mol. The van der Waals surface area contributed by atoms with Gasteiger partial charge in [-0.05, 0) is 47.0 Å². The van der Waals surface area contributed by atoms with Crippen molar-refractivity contribution in [2.45, 2.75) is 25.0 Å². The summed E-state index contributed by atoms with van der Waals surface area (Å²) in [5.41, 5.74) is 2.47. The van der Waals surface area contributed by atoms with Crippen molar-refractivity contribution in [1.82, 2.24) is 5.32 Å². The zero-order valence-electron chi connectivity index (χ0n) is 13.1. The van der Waals surface area contributed by atoms with Crippen LogP contribution in [0.1, 0.15) is 23.5 Å². The van der Waals surface area contributed by atoms with Gasteiger partial charge in [0.25, 0.3) is 0 Å². The Balaban J connectivity index is 1.47. The van der Waals surface area contributed by atoms with Crippen molar-refractivity contribution in [3.63, 3.8) is 0 Å². The van der Waals surface area contributed by atoms with Crippen LogP contribution >= 0.6 is 0 Å². The summed E-state index contributed by atoms with van der Waals surface area (Å²) >= 11 is 0. The zero-order chi connectivity index (χ0) is 15.5. The number of fused-ring (bicyclic) bond motifs is 1. The highest BCUT2D eigenvalue weighted by Gasteiger charge is 2.27. The fourth-order valence-corrected chi connectivity index (χ4v) is 3.40. The van der Waals surface area contributed by atoms with E-state index >= 15 is 0 Å². The first kappa shape index (κ1) is 14.5. The molecule has 0 amide bonds. The molecule has 2 aromatic carbocycles. The third kappa shape index (κ3) is 3.16. The Morgan fingerprint density at radius 3 is 2.87 bits per heavy atom. The molecule has 0 radical (unpaired) electrons. The Morgan fingerprint density at radius 1 is 1.09 bits per heavy atom.